The molecule has 0 aliphatic rings. The van der Waals surface area contributed by atoms with Crippen LogP contribution < -0.4 is 0 Å². The molecule has 0 aliphatic carbocycles. The normalized spacial score (nSPS) is 10.2. The molecule has 2 aromatic rings. The van der Waals surface area contributed by atoms with E-state index in [2.05, 4.69) is 20.8 Å². The molecule has 1 heterocycles. The van der Waals surface area contributed by atoms with E-state index in [0.717, 1.165) is 15.1 Å². The number of carbonyl (C=O) groups excluding carboxylic acids is 1. The van der Waals surface area contributed by atoms with Gasteiger partial charge >= 0.3 is 5.97 Å². The smallest absolute Gasteiger partial charge is 0.353 e. The molecule has 0 radical (unpaired) electrons. The molecular formula is C15H13BrN2O2S. The molecule has 0 aliphatic heterocycles. The zero-order valence-electron chi connectivity index (χ0n) is 11.8. The van der Waals surface area contributed by atoms with Crippen LogP contribution in [0.2, 0.25) is 0 Å². The maximum Gasteiger partial charge on any atom is 0.353 e. The van der Waals surface area contributed by atoms with Crippen molar-refractivity contribution in [2.75, 3.05) is 13.4 Å². The van der Waals surface area contributed by atoms with Crippen LogP contribution in [0.25, 0.3) is 16.0 Å². The van der Waals surface area contributed by atoms with Crippen LogP contribution in [0.15, 0.2) is 33.8 Å². The third kappa shape index (κ3) is 2.71. The first-order chi connectivity index (χ1) is 10.0. The summed E-state index contributed by atoms with van der Waals surface area (Å²) in [6.45, 7) is 7.47. The Balaban J connectivity index is 2.82. The molecule has 21 heavy (non-hydrogen) atoms. The van der Waals surface area contributed by atoms with Crippen molar-refractivity contribution in [1.29, 1.82) is 0 Å². The fourth-order valence-electron chi connectivity index (χ4n) is 2.21. The van der Waals surface area contributed by atoms with Gasteiger partial charge < -0.3 is 9.30 Å². The monoisotopic (exact) mass is 364 g/mol. The summed E-state index contributed by atoms with van der Waals surface area (Å²) in [7, 11) is 3.12. The van der Waals surface area contributed by atoms with Gasteiger partial charge in [-0.2, -0.15) is 0 Å². The number of hydrogen-bond donors (Lipinski definition) is 0. The van der Waals surface area contributed by atoms with Crippen molar-refractivity contribution in [1.82, 2.24) is 4.57 Å². The molecule has 0 amide bonds. The van der Waals surface area contributed by atoms with E-state index < -0.39 is 5.97 Å². The number of nitrogens with zero attached hydrogens (tertiary/aromatic N) is 2. The summed E-state index contributed by atoms with van der Waals surface area (Å²) in [5, 5.41) is 0.753. The van der Waals surface area contributed by atoms with Crippen LogP contribution >= 0.6 is 27.7 Å². The third-order valence-corrected chi connectivity index (χ3v) is 4.52. The molecule has 2 rings (SSSR count). The minimum absolute atomic E-state index is 0.398. The van der Waals surface area contributed by atoms with Gasteiger partial charge in [0.2, 0.25) is 5.69 Å². The minimum Gasteiger partial charge on any atom is -0.464 e. The molecular weight excluding hydrogens is 352 g/mol. The molecule has 0 fully saturated rings. The third-order valence-electron chi connectivity index (χ3n) is 3.13. The SMILES string of the molecule is [C-]#[N+]c1c(-c2ccc(Br)cc2)c(C(=O)OC)n(C)c1SC. The Kier molecular flexibility index (Phi) is 4.76. The fourth-order valence-corrected chi connectivity index (χ4v) is 3.18. The van der Waals surface area contributed by atoms with Gasteiger partial charge in [0.1, 0.15) is 5.69 Å². The maximum absolute atomic E-state index is 12.1. The van der Waals surface area contributed by atoms with E-state index in [4.69, 9.17) is 11.3 Å². The Morgan fingerprint density at radius 1 is 1.38 bits per heavy atom. The predicted molar refractivity (Wildman–Crippen MR) is 87.9 cm³/mol. The van der Waals surface area contributed by atoms with Crippen LogP contribution in [0.4, 0.5) is 5.69 Å². The zero-order valence-corrected chi connectivity index (χ0v) is 14.2. The van der Waals surface area contributed by atoms with Crippen molar-refractivity contribution in [2.45, 2.75) is 5.03 Å². The molecule has 0 N–H and O–H groups in total. The summed E-state index contributed by atoms with van der Waals surface area (Å²) >= 11 is 4.83. The van der Waals surface area contributed by atoms with Gasteiger partial charge in [0.15, 0.2) is 0 Å². The highest BCUT2D eigenvalue weighted by Crippen LogP contribution is 2.43. The topological polar surface area (TPSA) is 35.6 Å². The van der Waals surface area contributed by atoms with E-state index in [1.165, 1.54) is 18.9 Å². The first-order valence-electron chi connectivity index (χ1n) is 6.03. The van der Waals surface area contributed by atoms with Crippen LogP contribution in [0.1, 0.15) is 10.5 Å². The van der Waals surface area contributed by atoms with E-state index >= 15 is 0 Å². The average Bonchev–Trinajstić information content (AvgIpc) is 2.79. The van der Waals surface area contributed by atoms with Gasteiger partial charge in [0, 0.05) is 17.1 Å². The zero-order chi connectivity index (χ0) is 15.6. The Hall–Kier alpha value is -1.71. The average molecular weight is 365 g/mol. The standard InChI is InChI=1S/C15H13BrN2O2S/c1-17-12-11(9-5-7-10(16)8-6-9)13(15(19)20-3)18(2)14(12)21-4/h5-8H,2-4H3. The summed E-state index contributed by atoms with van der Waals surface area (Å²) < 4.78 is 7.54. The van der Waals surface area contributed by atoms with Gasteiger partial charge in [0.25, 0.3) is 0 Å². The van der Waals surface area contributed by atoms with Crippen molar-refractivity contribution in [3.8, 4) is 11.1 Å². The molecule has 108 valence electrons. The lowest BCUT2D eigenvalue weighted by Crippen LogP contribution is -2.09. The van der Waals surface area contributed by atoms with Crippen LogP contribution in [-0.2, 0) is 11.8 Å². The molecule has 0 saturated carbocycles. The van der Waals surface area contributed by atoms with Gasteiger partial charge in [-0.1, -0.05) is 28.1 Å². The highest BCUT2D eigenvalue weighted by molar-refractivity contribution is 9.10. The summed E-state index contributed by atoms with van der Waals surface area (Å²) in [4.78, 5) is 15.8. The summed E-state index contributed by atoms with van der Waals surface area (Å²) in [5.74, 6) is -0.444. The number of rotatable bonds is 3. The van der Waals surface area contributed by atoms with E-state index in [0.29, 0.717) is 16.9 Å². The molecule has 0 spiro atoms. The van der Waals surface area contributed by atoms with Crippen molar-refractivity contribution in [2.24, 2.45) is 7.05 Å². The number of aromatic nitrogens is 1. The van der Waals surface area contributed by atoms with Gasteiger partial charge in [-0.25, -0.2) is 9.64 Å². The highest BCUT2D eigenvalue weighted by atomic mass is 79.9. The van der Waals surface area contributed by atoms with Gasteiger partial charge in [-0.3, -0.25) is 0 Å². The highest BCUT2D eigenvalue weighted by Gasteiger charge is 2.26. The first-order valence-corrected chi connectivity index (χ1v) is 8.05. The van der Waals surface area contributed by atoms with Gasteiger partial charge in [-0.15, -0.1) is 11.8 Å². The van der Waals surface area contributed by atoms with Crippen molar-refractivity contribution >= 4 is 39.3 Å². The number of esters is 1. The Morgan fingerprint density at radius 3 is 2.48 bits per heavy atom. The summed E-state index contributed by atoms with van der Waals surface area (Å²) in [5.41, 5.74) is 2.32. The number of methoxy groups -OCH3 is 1. The molecule has 0 saturated heterocycles. The first kappa shape index (κ1) is 15.7. The molecule has 6 heteroatoms. The largest absolute Gasteiger partial charge is 0.464 e. The predicted octanol–water partition coefficient (Wildman–Crippen LogP) is 4.51. The van der Waals surface area contributed by atoms with E-state index in [1.807, 2.05) is 30.5 Å². The van der Waals surface area contributed by atoms with Gasteiger partial charge in [0.05, 0.1) is 18.7 Å². The van der Waals surface area contributed by atoms with Gasteiger partial charge in [-0.05, 0) is 24.0 Å². The summed E-state index contributed by atoms with van der Waals surface area (Å²) in [6.07, 6.45) is 1.89. The summed E-state index contributed by atoms with van der Waals surface area (Å²) in [6, 6.07) is 7.53. The van der Waals surface area contributed by atoms with Crippen LogP contribution in [0.5, 0.6) is 0 Å². The lowest BCUT2D eigenvalue weighted by Gasteiger charge is -2.07. The van der Waals surface area contributed by atoms with Crippen LogP contribution in [-0.4, -0.2) is 23.9 Å². The fraction of sp³-hybridized carbons (Fsp3) is 0.200. The number of carbonyl (C=O) groups is 1. The number of hydrogen-bond acceptors (Lipinski definition) is 3. The number of thioether (sulfide) groups is 1. The minimum atomic E-state index is -0.444. The second-order valence-electron chi connectivity index (χ2n) is 4.25. The molecule has 4 nitrogen and oxygen atoms in total. The Bertz CT molecular complexity index is 730. The molecule has 1 aromatic heterocycles. The molecule has 1 aromatic carbocycles. The Morgan fingerprint density at radius 2 is 2.00 bits per heavy atom. The van der Waals surface area contributed by atoms with E-state index in [1.54, 1.807) is 11.6 Å². The molecule has 0 unspecified atom stereocenters. The molecule has 0 atom stereocenters. The van der Waals surface area contributed by atoms with Crippen LogP contribution in [0.3, 0.4) is 0 Å². The van der Waals surface area contributed by atoms with Crippen LogP contribution in [0, 0.1) is 6.57 Å². The lowest BCUT2D eigenvalue weighted by molar-refractivity contribution is 0.0590. The number of halogens is 1. The Labute approximate surface area is 136 Å². The van der Waals surface area contributed by atoms with E-state index in [9.17, 15) is 4.79 Å². The maximum atomic E-state index is 12.1. The lowest BCUT2D eigenvalue weighted by atomic mass is 10.0. The molecule has 0 bridgehead atoms. The number of ether oxygens (including phenoxy) is 1. The second kappa shape index (κ2) is 6.37. The number of benzene rings is 1. The van der Waals surface area contributed by atoms with Crippen molar-refractivity contribution < 1.29 is 9.53 Å². The van der Waals surface area contributed by atoms with Crippen molar-refractivity contribution in [3.63, 3.8) is 0 Å². The van der Waals surface area contributed by atoms with E-state index in [-0.39, 0.29) is 0 Å². The quantitative estimate of drug-likeness (QED) is 0.456. The van der Waals surface area contributed by atoms with Crippen molar-refractivity contribution in [3.05, 3.63) is 45.8 Å². The second-order valence-corrected chi connectivity index (χ2v) is 5.96.